The first-order valence-corrected chi connectivity index (χ1v) is 8.16. The molecule has 0 aliphatic heterocycles. The summed E-state index contributed by atoms with van der Waals surface area (Å²) >= 11 is 3.38. The molecule has 0 spiro atoms. The number of aliphatic carboxylic acids is 2. The maximum Gasteiger partial charge on any atom is 0.321 e. The van der Waals surface area contributed by atoms with E-state index in [0.29, 0.717) is 6.42 Å². The highest BCUT2D eigenvalue weighted by Gasteiger charge is 2.59. The lowest BCUT2D eigenvalue weighted by molar-refractivity contribution is -0.176. The molecule has 0 amide bonds. The van der Waals surface area contributed by atoms with Crippen molar-refractivity contribution in [3.05, 3.63) is 34.3 Å². The van der Waals surface area contributed by atoms with Crippen molar-refractivity contribution in [2.24, 2.45) is 10.8 Å². The maximum atomic E-state index is 11.9. The van der Waals surface area contributed by atoms with Gasteiger partial charge in [-0.15, -0.1) is 0 Å². The molecule has 0 heterocycles. The molecule has 4 nitrogen and oxygen atoms in total. The third-order valence-electron chi connectivity index (χ3n) is 4.91. The average Bonchev–Trinajstić information content (AvgIpc) is 2.41. The minimum atomic E-state index is -1.82. The van der Waals surface area contributed by atoms with Gasteiger partial charge in [0.2, 0.25) is 0 Å². The van der Waals surface area contributed by atoms with E-state index in [1.54, 1.807) is 20.8 Å². The molecular weight excluding hydrogens is 348 g/mol. The van der Waals surface area contributed by atoms with Crippen molar-refractivity contribution in [3.8, 4) is 0 Å². The topological polar surface area (TPSA) is 74.6 Å². The molecule has 1 atom stereocenters. The number of carbonyl (C=O) groups is 2. The van der Waals surface area contributed by atoms with E-state index >= 15 is 0 Å². The van der Waals surface area contributed by atoms with Crippen LogP contribution < -0.4 is 0 Å². The van der Waals surface area contributed by atoms with Gasteiger partial charge in [0.15, 0.2) is 5.41 Å². The van der Waals surface area contributed by atoms with Crippen molar-refractivity contribution in [3.63, 3.8) is 0 Å². The standard InChI is InChI=1S/C17H23BrO4/c1-5-13(11-7-9-12(18)10-8-11)16(3,4)17(6-2,14(19)20)15(21)22/h7-10,13H,5-6H2,1-4H3,(H,19,20)(H,21,22). The van der Waals surface area contributed by atoms with E-state index in [1.165, 1.54) is 0 Å². The van der Waals surface area contributed by atoms with Crippen LogP contribution in [0.1, 0.15) is 52.0 Å². The van der Waals surface area contributed by atoms with Crippen LogP contribution in [0.4, 0.5) is 0 Å². The summed E-state index contributed by atoms with van der Waals surface area (Å²) in [7, 11) is 0. The van der Waals surface area contributed by atoms with Crippen LogP contribution in [-0.4, -0.2) is 22.2 Å². The SMILES string of the molecule is CCC(c1ccc(Br)cc1)C(C)(C)C(CC)(C(=O)O)C(=O)O. The number of halogens is 1. The third kappa shape index (κ3) is 2.91. The molecular formula is C17H23BrO4. The molecule has 22 heavy (non-hydrogen) atoms. The number of rotatable bonds is 7. The van der Waals surface area contributed by atoms with E-state index in [1.807, 2.05) is 31.2 Å². The van der Waals surface area contributed by atoms with Gasteiger partial charge in [-0.1, -0.05) is 55.8 Å². The quantitative estimate of drug-likeness (QED) is 0.691. The van der Waals surface area contributed by atoms with E-state index < -0.39 is 22.8 Å². The third-order valence-corrected chi connectivity index (χ3v) is 5.44. The summed E-state index contributed by atoms with van der Waals surface area (Å²) in [6, 6.07) is 7.63. The Bertz CT molecular complexity index is 534. The van der Waals surface area contributed by atoms with Crippen LogP contribution >= 0.6 is 15.9 Å². The lowest BCUT2D eigenvalue weighted by atomic mass is 9.56. The molecule has 5 heteroatoms. The fourth-order valence-corrected chi connectivity index (χ4v) is 3.82. The molecule has 1 rings (SSSR count). The fourth-order valence-electron chi connectivity index (χ4n) is 3.56. The second-order valence-corrected chi connectivity index (χ2v) is 7.02. The zero-order valence-corrected chi connectivity index (χ0v) is 15.0. The molecule has 0 aromatic heterocycles. The van der Waals surface area contributed by atoms with Crippen molar-refractivity contribution in [1.82, 2.24) is 0 Å². The first-order valence-electron chi connectivity index (χ1n) is 7.37. The van der Waals surface area contributed by atoms with Crippen molar-refractivity contribution in [2.45, 2.75) is 46.5 Å². The summed E-state index contributed by atoms with van der Waals surface area (Å²) in [5.41, 5.74) is -1.81. The van der Waals surface area contributed by atoms with Crippen molar-refractivity contribution >= 4 is 27.9 Å². The molecule has 0 saturated carbocycles. The predicted octanol–water partition coefficient (Wildman–Crippen LogP) is 4.53. The summed E-state index contributed by atoms with van der Waals surface area (Å²) in [6.07, 6.45) is 0.703. The van der Waals surface area contributed by atoms with E-state index in [2.05, 4.69) is 15.9 Å². The molecule has 0 bridgehead atoms. The van der Waals surface area contributed by atoms with Gasteiger partial charge in [0.05, 0.1) is 0 Å². The Balaban J connectivity index is 3.47. The van der Waals surface area contributed by atoms with Crippen LogP contribution in [0.15, 0.2) is 28.7 Å². The highest BCUT2D eigenvalue weighted by molar-refractivity contribution is 9.10. The minimum absolute atomic E-state index is 0.0394. The second-order valence-electron chi connectivity index (χ2n) is 6.10. The van der Waals surface area contributed by atoms with Gasteiger partial charge in [0.25, 0.3) is 0 Å². The Morgan fingerprint density at radius 3 is 1.86 bits per heavy atom. The van der Waals surface area contributed by atoms with Crippen molar-refractivity contribution < 1.29 is 19.8 Å². The van der Waals surface area contributed by atoms with Gasteiger partial charge in [0.1, 0.15) is 0 Å². The highest BCUT2D eigenvalue weighted by Crippen LogP contribution is 2.53. The van der Waals surface area contributed by atoms with E-state index in [-0.39, 0.29) is 12.3 Å². The Labute approximate surface area is 139 Å². The Morgan fingerprint density at radius 1 is 1.09 bits per heavy atom. The highest BCUT2D eigenvalue weighted by atomic mass is 79.9. The van der Waals surface area contributed by atoms with Crippen LogP contribution in [0.3, 0.4) is 0 Å². The number of benzene rings is 1. The summed E-state index contributed by atoms with van der Waals surface area (Å²) < 4.78 is 0.933. The first kappa shape index (κ1) is 18.7. The zero-order chi connectivity index (χ0) is 17.1. The molecule has 122 valence electrons. The summed E-state index contributed by atoms with van der Waals surface area (Å²) in [6.45, 7) is 7.07. The Morgan fingerprint density at radius 2 is 1.55 bits per heavy atom. The van der Waals surface area contributed by atoms with Crippen LogP contribution in [-0.2, 0) is 9.59 Å². The number of carboxylic acid groups (broad SMARTS) is 2. The van der Waals surface area contributed by atoms with Gasteiger partial charge < -0.3 is 10.2 Å². The average molecular weight is 371 g/mol. The molecule has 0 radical (unpaired) electrons. The first-order chi connectivity index (χ1) is 10.1. The molecule has 2 N–H and O–H groups in total. The van der Waals surface area contributed by atoms with Crippen molar-refractivity contribution in [2.75, 3.05) is 0 Å². The lowest BCUT2D eigenvalue weighted by Gasteiger charge is -2.45. The number of hydrogen-bond donors (Lipinski definition) is 2. The minimum Gasteiger partial charge on any atom is -0.480 e. The Hall–Kier alpha value is -1.36. The van der Waals surface area contributed by atoms with E-state index in [9.17, 15) is 19.8 Å². The van der Waals surface area contributed by atoms with Gasteiger partial charge in [-0.2, -0.15) is 0 Å². The van der Waals surface area contributed by atoms with Gasteiger partial charge in [-0.05, 0) is 41.9 Å². The summed E-state index contributed by atoms with van der Waals surface area (Å²) in [5.74, 6) is -2.72. The lowest BCUT2D eigenvalue weighted by Crippen LogP contribution is -2.52. The molecule has 1 aromatic rings. The monoisotopic (exact) mass is 370 g/mol. The smallest absolute Gasteiger partial charge is 0.321 e. The van der Waals surface area contributed by atoms with Crippen LogP contribution in [0, 0.1) is 10.8 Å². The number of carboxylic acids is 2. The van der Waals surface area contributed by atoms with Gasteiger partial charge in [-0.3, -0.25) is 9.59 Å². The van der Waals surface area contributed by atoms with Crippen molar-refractivity contribution in [1.29, 1.82) is 0 Å². The Kier molecular flexibility index (Phi) is 5.79. The van der Waals surface area contributed by atoms with Crippen LogP contribution in [0.5, 0.6) is 0 Å². The zero-order valence-electron chi connectivity index (χ0n) is 13.4. The summed E-state index contributed by atoms with van der Waals surface area (Å²) in [4.78, 5) is 23.7. The largest absolute Gasteiger partial charge is 0.480 e. The summed E-state index contributed by atoms with van der Waals surface area (Å²) in [5, 5.41) is 19.4. The second kappa shape index (κ2) is 6.82. The van der Waals surface area contributed by atoms with Crippen LogP contribution in [0.2, 0.25) is 0 Å². The molecule has 0 saturated heterocycles. The maximum absolute atomic E-state index is 11.9. The molecule has 0 fully saturated rings. The van der Waals surface area contributed by atoms with Gasteiger partial charge in [0, 0.05) is 4.47 Å². The molecule has 0 aliphatic rings. The van der Waals surface area contributed by atoms with E-state index in [0.717, 1.165) is 10.0 Å². The van der Waals surface area contributed by atoms with Gasteiger partial charge in [-0.25, -0.2) is 0 Å². The molecule has 0 aliphatic carbocycles. The molecule has 1 unspecified atom stereocenters. The normalized spacial score (nSPS) is 13.7. The fraction of sp³-hybridized carbons (Fsp3) is 0.529. The van der Waals surface area contributed by atoms with E-state index in [4.69, 9.17) is 0 Å². The van der Waals surface area contributed by atoms with Gasteiger partial charge >= 0.3 is 11.9 Å². The van der Waals surface area contributed by atoms with Crippen LogP contribution in [0.25, 0.3) is 0 Å². The predicted molar refractivity (Wildman–Crippen MR) is 89.0 cm³/mol. The molecule has 1 aromatic carbocycles. The number of hydrogen-bond acceptors (Lipinski definition) is 2.